The molecule has 13 heavy (non-hydrogen) atoms. The van der Waals surface area contributed by atoms with Gasteiger partial charge in [-0.2, -0.15) is 5.10 Å². The minimum atomic E-state index is -0.338. The Bertz CT molecular complexity index is 348. The summed E-state index contributed by atoms with van der Waals surface area (Å²) in [7, 11) is 1.54. The maximum Gasteiger partial charge on any atom is 0.289 e. The highest BCUT2D eigenvalue weighted by Crippen LogP contribution is 2.17. The first-order chi connectivity index (χ1) is 6.16. The Morgan fingerprint density at radius 1 is 1.69 bits per heavy atom. The third-order valence-electron chi connectivity index (χ3n) is 1.51. The first kappa shape index (κ1) is 10.1. The summed E-state index contributed by atoms with van der Waals surface area (Å²) in [6.07, 6.45) is 2.31. The van der Waals surface area contributed by atoms with E-state index in [4.69, 9.17) is 16.3 Å². The molecule has 1 aromatic rings. The average molecular weight is 203 g/mol. The van der Waals surface area contributed by atoms with Crippen molar-refractivity contribution in [3.8, 4) is 5.75 Å². The zero-order valence-electron chi connectivity index (χ0n) is 7.58. The zero-order chi connectivity index (χ0) is 9.84. The third kappa shape index (κ3) is 2.21. The van der Waals surface area contributed by atoms with Crippen molar-refractivity contribution < 1.29 is 4.74 Å². The quantitative estimate of drug-likeness (QED) is 0.741. The van der Waals surface area contributed by atoms with Crippen LogP contribution in [0.1, 0.15) is 13.3 Å². The van der Waals surface area contributed by atoms with E-state index in [1.165, 1.54) is 17.9 Å². The van der Waals surface area contributed by atoms with E-state index >= 15 is 0 Å². The van der Waals surface area contributed by atoms with Gasteiger partial charge in [0.2, 0.25) is 0 Å². The molecule has 0 aliphatic carbocycles. The number of hydrogen-bond acceptors (Lipinski definition) is 3. The molecule has 0 bridgehead atoms. The van der Waals surface area contributed by atoms with Crippen molar-refractivity contribution in [1.82, 2.24) is 9.78 Å². The molecule has 0 spiro atoms. The van der Waals surface area contributed by atoms with Crippen molar-refractivity contribution in [2.24, 2.45) is 7.05 Å². The lowest BCUT2D eigenvalue weighted by atomic mass is 10.5. The van der Waals surface area contributed by atoms with Gasteiger partial charge >= 0.3 is 0 Å². The molecule has 1 aromatic heterocycles. The second-order valence-corrected chi connectivity index (χ2v) is 2.98. The summed E-state index contributed by atoms with van der Waals surface area (Å²) in [4.78, 5) is 11.2. The molecule has 0 fully saturated rings. The molecular weight excluding hydrogens is 192 g/mol. The second kappa shape index (κ2) is 4.28. The normalized spacial score (nSPS) is 10.1. The van der Waals surface area contributed by atoms with Crippen LogP contribution >= 0.6 is 11.6 Å². The molecular formula is C8H11ClN2O2. The van der Waals surface area contributed by atoms with Crippen LogP contribution in [0, 0.1) is 0 Å². The standard InChI is InChI=1S/C8H11ClN2O2/c1-3-4-13-6-5-10-11(2)8(12)7(6)9/h5H,3-4H2,1-2H3. The van der Waals surface area contributed by atoms with Crippen LogP contribution in [0.2, 0.25) is 5.02 Å². The summed E-state index contributed by atoms with van der Waals surface area (Å²) in [5.74, 6) is 0.353. The van der Waals surface area contributed by atoms with Gasteiger partial charge in [-0.15, -0.1) is 0 Å². The molecule has 0 atom stereocenters. The number of rotatable bonds is 3. The van der Waals surface area contributed by atoms with Crippen LogP contribution in [0.25, 0.3) is 0 Å². The van der Waals surface area contributed by atoms with Gasteiger partial charge in [-0.05, 0) is 6.42 Å². The van der Waals surface area contributed by atoms with Crippen LogP contribution in [-0.2, 0) is 7.05 Å². The smallest absolute Gasteiger partial charge is 0.289 e. The molecule has 4 nitrogen and oxygen atoms in total. The SMILES string of the molecule is CCCOc1cnn(C)c(=O)c1Cl. The minimum Gasteiger partial charge on any atom is -0.490 e. The molecule has 0 unspecified atom stereocenters. The first-order valence-corrected chi connectivity index (χ1v) is 4.39. The molecule has 0 amide bonds. The highest BCUT2D eigenvalue weighted by molar-refractivity contribution is 6.31. The molecule has 0 N–H and O–H groups in total. The van der Waals surface area contributed by atoms with Gasteiger partial charge < -0.3 is 4.74 Å². The van der Waals surface area contributed by atoms with Gasteiger partial charge in [-0.1, -0.05) is 18.5 Å². The molecule has 0 saturated carbocycles. The Labute approximate surface area is 81.1 Å². The van der Waals surface area contributed by atoms with Crippen molar-refractivity contribution in [3.63, 3.8) is 0 Å². The van der Waals surface area contributed by atoms with E-state index in [1.807, 2.05) is 6.92 Å². The van der Waals surface area contributed by atoms with Crippen molar-refractivity contribution in [2.75, 3.05) is 6.61 Å². The van der Waals surface area contributed by atoms with Crippen molar-refractivity contribution in [1.29, 1.82) is 0 Å². The average Bonchev–Trinajstić information content (AvgIpc) is 2.13. The summed E-state index contributed by atoms with van der Waals surface area (Å²) in [5.41, 5.74) is -0.338. The van der Waals surface area contributed by atoms with Gasteiger partial charge in [0.25, 0.3) is 5.56 Å². The van der Waals surface area contributed by atoms with Crippen molar-refractivity contribution >= 4 is 11.6 Å². The van der Waals surface area contributed by atoms with Crippen LogP contribution < -0.4 is 10.3 Å². The second-order valence-electron chi connectivity index (χ2n) is 2.60. The van der Waals surface area contributed by atoms with E-state index < -0.39 is 0 Å². The highest BCUT2D eigenvalue weighted by Gasteiger charge is 2.07. The third-order valence-corrected chi connectivity index (χ3v) is 1.86. The number of aryl methyl sites for hydroxylation is 1. The largest absolute Gasteiger partial charge is 0.490 e. The first-order valence-electron chi connectivity index (χ1n) is 4.01. The monoisotopic (exact) mass is 202 g/mol. The molecule has 72 valence electrons. The zero-order valence-corrected chi connectivity index (χ0v) is 8.34. The Balaban J connectivity index is 2.97. The van der Waals surface area contributed by atoms with Gasteiger partial charge in [-0.3, -0.25) is 4.79 Å². The Kier molecular flexibility index (Phi) is 3.31. The number of halogens is 1. The number of aromatic nitrogens is 2. The predicted molar refractivity (Wildman–Crippen MR) is 50.3 cm³/mol. The molecule has 1 heterocycles. The molecule has 5 heteroatoms. The molecule has 0 radical (unpaired) electrons. The predicted octanol–water partition coefficient (Wildman–Crippen LogP) is 1.22. The summed E-state index contributed by atoms with van der Waals surface area (Å²) < 4.78 is 6.38. The van der Waals surface area contributed by atoms with E-state index in [0.29, 0.717) is 12.4 Å². The van der Waals surface area contributed by atoms with Gasteiger partial charge in [0.1, 0.15) is 0 Å². The number of nitrogens with zero attached hydrogens (tertiary/aromatic N) is 2. The van der Waals surface area contributed by atoms with Crippen LogP contribution in [0.4, 0.5) is 0 Å². The Morgan fingerprint density at radius 3 is 3.00 bits per heavy atom. The fourth-order valence-electron chi connectivity index (χ4n) is 0.808. The van der Waals surface area contributed by atoms with E-state index in [0.717, 1.165) is 6.42 Å². The summed E-state index contributed by atoms with van der Waals surface area (Å²) >= 11 is 5.74. The van der Waals surface area contributed by atoms with Crippen LogP contribution in [-0.4, -0.2) is 16.4 Å². The van der Waals surface area contributed by atoms with Crippen LogP contribution in [0.5, 0.6) is 5.75 Å². The molecule has 0 aliphatic heterocycles. The maximum atomic E-state index is 11.2. The fraction of sp³-hybridized carbons (Fsp3) is 0.500. The van der Waals surface area contributed by atoms with E-state index in [9.17, 15) is 4.79 Å². The van der Waals surface area contributed by atoms with Gasteiger partial charge in [0.05, 0.1) is 12.8 Å². The molecule has 0 saturated heterocycles. The fourth-order valence-corrected chi connectivity index (χ4v) is 1.03. The van der Waals surface area contributed by atoms with E-state index in [-0.39, 0.29) is 10.6 Å². The number of hydrogen-bond donors (Lipinski definition) is 0. The van der Waals surface area contributed by atoms with Gasteiger partial charge in [-0.25, -0.2) is 4.68 Å². The van der Waals surface area contributed by atoms with Crippen molar-refractivity contribution in [3.05, 3.63) is 21.6 Å². The minimum absolute atomic E-state index is 0.0888. The van der Waals surface area contributed by atoms with Gasteiger partial charge in [0, 0.05) is 7.05 Å². The lowest BCUT2D eigenvalue weighted by molar-refractivity contribution is 0.314. The molecule has 1 rings (SSSR count). The lowest BCUT2D eigenvalue weighted by Crippen LogP contribution is -2.20. The Hall–Kier alpha value is -1.03. The van der Waals surface area contributed by atoms with Gasteiger partial charge in [0.15, 0.2) is 10.8 Å². The lowest BCUT2D eigenvalue weighted by Gasteiger charge is -2.05. The summed E-state index contributed by atoms with van der Waals surface area (Å²) in [6, 6.07) is 0. The highest BCUT2D eigenvalue weighted by atomic mass is 35.5. The topological polar surface area (TPSA) is 44.1 Å². The molecule has 0 aromatic carbocycles. The van der Waals surface area contributed by atoms with Crippen molar-refractivity contribution in [2.45, 2.75) is 13.3 Å². The summed E-state index contributed by atoms with van der Waals surface area (Å²) in [6.45, 7) is 2.51. The maximum absolute atomic E-state index is 11.2. The van der Waals surface area contributed by atoms with E-state index in [1.54, 1.807) is 0 Å². The number of ether oxygens (including phenoxy) is 1. The van der Waals surface area contributed by atoms with Crippen LogP contribution in [0.3, 0.4) is 0 Å². The molecule has 0 aliphatic rings. The van der Waals surface area contributed by atoms with Crippen LogP contribution in [0.15, 0.2) is 11.0 Å². The summed E-state index contributed by atoms with van der Waals surface area (Å²) in [5, 5.41) is 3.88. The van der Waals surface area contributed by atoms with E-state index in [2.05, 4.69) is 5.10 Å². The Morgan fingerprint density at radius 2 is 2.38 bits per heavy atom.